The van der Waals surface area contributed by atoms with Gasteiger partial charge in [0.2, 0.25) is 0 Å². The van der Waals surface area contributed by atoms with Crippen molar-refractivity contribution in [3.63, 3.8) is 0 Å². The number of ether oxygens (including phenoxy) is 1. The van der Waals surface area contributed by atoms with Crippen molar-refractivity contribution in [2.24, 2.45) is 5.92 Å². The lowest BCUT2D eigenvalue weighted by atomic mass is 9.86. The maximum absolute atomic E-state index is 6.01. The van der Waals surface area contributed by atoms with Gasteiger partial charge in [0, 0.05) is 6.54 Å². The minimum absolute atomic E-state index is 0.0577. The van der Waals surface area contributed by atoms with Crippen LogP contribution >= 0.6 is 0 Å². The molecule has 2 rings (SSSR count). The summed E-state index contributed by atoms with van der Waals surface area (Å²) >= 11 is 0. The number of hydrogen-bond donors (Lipinski definition) is 0. The molecule has 21 heavy (non-hydrogen) atoms. The predicted octanol–water partition coefficient (Wildman–Crippen LogP) is 3.81. The molecule has 1 aromatic heterocycles. The summed E-state index contributed by atoms with van der Waals surface area (Å²) in [5.41, 5.74) is 1.27. The van der Waals surface area contributed by atoms with E-state index in [2.05, 4.69) is 56.8 Å². The Hall–Kier alpha value is -1.84. The number of rotatable bonds is 5. The van der Waals surface area contributed by atoms with E-state index in [0.717, 1.165) is 18.1 Å². The zero-order valence-electron chi connectivity index (χ0n) is 13.6. The summed E-state index contributed by atoms with van der Waals surface area (Å²) < 4.78 is 7.93. The SMILES string of the molecule is CC(C)Cn1ncnc1COc1ccccc1C(C)(C)C. The Balaban J connectivity index is 2.13. The quantitative estimate of drug-likeness (QED) is 0.839. The first-order chi connectivity index (χ1) is 9.88. The van der Waals surface area contributed by atoms with E-state index in [9.17, 15) is 0 Å². The van der Waals surface area contributed by atoms with Gasteiger partial charge in [0.15, 0.2) is 5.82 Å². The zero-order valence-corrected chi connectivity index (χ0v) is 13.6. The minimum Gasteiger partial charge on any atom is -0.485 e. The molecule has 0 amide bonds. The second-order valence-electron chi connectivity index (χ2n) is 6.79. The Labute approximate surface area is 127 Å². The molecule has 0 aliphatic heterocycles. The highest BCUT2D eigenvalue weighted by molar-refractivity contribution is 5.38. The number of hydrogen-bond acceptors (Lipinski definition) is 3. The molecule has 0 radical (unpaired) electrons. The van der Waals surface area contributed by atoms with Crippen molar-refractivity contribution >= 4 is 0 Å². The highest BCUT2D eigenvalue weighted by atomic mass is 16.5. The second-order valence-corrected chi connectivity index (χ2v) is 6.79. The summed E-state index contributed by atoms with van der Waals surface area (Å²) in [5, 5.41) is 4.27. The van der Waals surface area contributed by atoms with Crippen molar-refractivity contribution in [3.05, 3.63) is 42.0 Å². The smallest absolute Gasteiger partial charge is 0.164 e. The standard InChI is InChI=1S/C17H25N3O/c1-13(2)10-20-16(18-12-19-20)11-21-15-9-7-6-8-14(15)17(3,4)5/h6-9,12-13H,10-11H2,1-5H3. The van der Waals surface area contributed by atoms with E-state index in [1.54, 1.807) is 6.33 Å². The first-order valence-corrected chi connectivity index (χ1v) is 7.47. The molecule has 0 bridgehead atoms. The van der Waals surface area contributed by atoms with Crippen LogP contribution in [-0.4, -0.2) is 14.8 Å². The zero-order chi connectivity index (χ0) is 15.5. The van der Waals surface area contributed by atoms with Gasteiger partial charge in [0.25, 0.3) is 0 Å². The van der Waals surface area contributed by atoms with Gasteiger partial charge in [-0.1, -0.05) is 52.8 Å². The summed E-state index contributed by atoms with van der Waals surface area (Å²) in [7, 11) is 0. The van der Waals surface area contributed by atoms with Crippen LogP contribution in [0.4, 0.5) is 0 Å². The molecule has 4 nitrogen and oxygen atoms in total. The van der Waals surface area contributed by atoms with Gasteiger partial charge < -0.3 is 4.74 Å². The van der Waals surface area contributed by atoms with Crippen molar-refractivity contribution in [2.45, 2.75) is 53.2 Å². The van der Waals surface area contributed by atoms with E-state index in [-0.39, 0.29) is 5.41 Å². The van der Waals surface area contributed by atoms with E-state index >= 15 is 0 Å². The van der Waals surface area contributed by atoms with Gasteiger partial charge in [0.1, 0.15) is 18.7 Å². The average Bonchev–Trinajstić information content (AvgIpc) is 2.82. The molecule has 0 aliphatic rings. The molecule has 2 aromatic rings. The summed E-state index contributed by atoms with van der Waals surface area (Å²) in [5.74, 6) is 2.32. The van der Waals surface area contributed by atoms with Gasteiger partial charge in [0.05, 0.1) is 0 Å². The summed E-state index contributed by atoms with van der Waals surface area (Å²) in [6.45, 7) is 12.2. The molecule has 0 aliphatic carbocycles. The van der Waals surface area contributed by atoms with Gasteiger partial charge in [-0.15, -0.1) is 0 Å². The maximum Gasteiger partial charge on any atom is 0.164 e. The van der Waals surface area contributed by atoms with Crippen LogP contribution in [0, 0.1) is 5.92 Å². The molecule has 4 heteroatoms. The first-order valence-electron chi connectivity index (χ1n) is 7.47. The number of para-hydroxylation sites is 1. The lowest BCUT2D eigenvalue weighted by Gasteiger charge is -2.22. The van der Waals surface area contributed by atoms with Gasteiger partial charge in [-0.05, 0) is 23.0 Å². The van der Waals surface area contributed by atoms with Gasteiger partial charge >= 0.3 is 0 Å². The Morgan fingerprint density at radius 2 is 1.90 bits per heavy atom. The van der Waals surface area contributed by atoms with Crippen molar-refractivity contribution in [1.29, 1.82) is 0 Å². The Morgan fingerprint density at radius 1 is 1.19 bits per heavy atom. The lowest BCUT2D eigenvalue weighted by Crippen LogP contribution is -2.15. The lowest BCUT2D eigenvalue weighted by molar-refractivity contribution is 0.276. The fourth-order valence-electron chi connectivity index (χ4n) is 2.25. The molecule has 0 unspecified atom stereocenters. The monoisotopic (exact) mass is 287 g/mol. The van der Waals surface area contributed by atoms with Crippen LogP contribution in [0.1, 0.15) is 46.0 Å². The van der Waals surface area contributed by atoms with Crippen LogP contribution in [0.3, 0.4) is 0 Å². The van der Waals surface area contributed by atoms with Crippen LogP contribution < -0.4 is 4.74 Å². The molecule has 0 spiro atoms. The molecule has 0 N–H and O–H groups in total. The second kappa shape index (κ2) is 6.29. The van der Waals surface area contributed by atoms with Crippen LogP contribution in [0.5, 0.6) is 5.75 Å². The Morgan fingerprint density at radius 3 is 2.57 bits per heavy atom. The Kier molecular flexibility index (Phi) is 4.66. The van der Waals surface area contributed by atoms with E-state index in [1.807, 2.05) is 16.8 Å². The van der Waals surface area contributed by atoms with Crippen molar-refractivity contribution in [2.75, 3.05) is 0 Å². The maximum atomic E-state index is 6.01. The number of aromatic nitrogens is 3. The average molecular weight is 287 g/mol. The molecule has 0 saturated heterocycles. The van der Waals surface area contributed by atoms with Crippen LogP contribution in [0.2, 0.25) is 0 Å². The van der Waals surface area contributed by atoms with E-state index in [0.29, 0.717) is 12.5 Å². The molecule has 114 valence electrons. The molecule has 1 heterocycles. The van der Waals surface area contributed by atoms with Crippen LogP contribution in [0.15, 0.2) is 30.6 Å². The van der Waals surface area contributed by atoms with Crippen LogP contribution in [0.25, 0.3) is 0 Å². The third kappa shape index (κ3) is 4.06. The summed E-state index contributed by atoms with van der Waals surface area (Å²) in [4.78, 5) is 4.30. The van der Waals surface area contributed by atoms with E-state index < -0.39 is 0 Å². The van der Waals surface area contributed by atoms with Crippen molar-refractivity contribution < 1.29 is 4.74 Å². The van der Waals surface area contributed by atoms with E-state index in [4.69, 9.17) is 4.74 Å². The minimum atomic E-state index is 0.0577. The third-order valence-corrected chi connectivity index (χ3v) is 3.29. The van der Waals surface area contributed by atoms with Crippen molar-refractivity contribution in [1.82, 2.24) is 14.8 Å². The van der Waals surface area contributed by atoms with E-state index in [1.165, 1.54) is 5.56 Å². The molecule has 0 fully saturated rings. The Bertz CT molecular complexity index is 582. The molecular weight excluding hydrogens is 262 g/mol. The van der Waals surface area contributed by atoms with Gasteiger partial charge in [-0.25, -0.2) is 9.67 Å². The highest BCUT2D eigenvalue weighted by Crippen LogP contribution is 2.31. The topological polar surface area (TPSA) is 39.9 Å². The molecular formula is C17H25N3O. The van der Waals surface area contributed by atoms with Gasteiger partial charge in [-0.3, -0.25) is 0 Å². The van der Waals surface area contributed by atoms with Gasteiger partial charge in [-0.2, -0.15) is 5.10 Å². The predicted molar refractivity (Wildman–Crippen MR) is 84.3 cm³/mol. The largest absolute Gasteiger partial charge is 0.485 e. The first kappa shape index (κ1) is 15.5. The highest BCUT2D eigenvalue weighted by Gasteiger charge is 2.18. The van der Waals surface area contributed by atoms with Crippen LogP contribution in [-0.2, 0) is 18.6 Å². The molecule has 1 aromatic carbocycles. The van der Waals surface area contributed by atoms with Crippen molar-refractivity contribution in [3.8, 4) is 5.75 Å². The fraction of sp³-hybridized carbons (Fsp3) is 0.529. The summed E-state index contributed by atoms with van der Waals surface area (Å²) in [6, 6.07) is 8.19. The normalized spacial score (nSPS) is 11.9. The summed E-state index contributed by atoms with van der Waals surface area (Å²) in [6.07, 6.45) is 1.59. The third-order valence-electron chi connectivity index (χ3n) is 3.29. The fourth-order valence-corrected chi connectivity index (χ4v) is 2.25. The number of benzene rings is 1. The number of nitrogens with zero attached hydrogens (tertiary/aromatic N) is 3. The molecule has 0 saturated carbocycles. The molecule has 0 atom stereocenters.